The van der Waals surface area contributed by atoms with E-state index in [1.807, 2.05) is 30.3 Å². The number of hydrogen-bond acceptors (Lipinski definition) is 6. The van der Waals surface area contributed by atoms with Gasteiger partial charge in [0.05, 0.1) is 11.1 Å². The van der Waals surface area contributed by atoms with Crippen LogP contribution in [0.3, 0.4) is 0 Å². The molecule has 0 saturated carbocycles. The van der Waals surface area contributed by atoms with Gasteiger partial charge in [-0.05, 0) is 48.9 Å². The number of thioether (sulfide) groups is 1. The normalized spacial score (nSPS) is 11.5. The lowest BCUT2D eigenvalue weighted by Gasteiger charge is -2.16. The highest BCUT2D eigenvalue weighted by Gasteiger charge is 2.23. The van der Waals surface area contributed by atoms with Crippen LogP contribution in [0.2, 0.25) is 0 Å². The molecule has 0 aliphatic carbocycles. The average Bonchev–Trinajstić information content (AvgIpc) is 3.28. The summed E-state index contributed by atoms with van der Waals surface area (Å²) in [5.41, 5.74) is 1.31. The van der Waals surface area contributed by atoms with Gasteiger partial charge in [-0.3, -0.25) is 9.59 Å². The monoisotopic (exact) mass is 487 g/mol. The Bertz CT molecular complexity index is 1350. The maximum Gasteiger partial charge on any atom is 0.336 e. The molecule has 1 unspecified atom stereocenters. The van der Waals surface area contributed by atoms with Crippen LogP contribution in [0.4, 0.5) is 11.5 Å². The van der Waals surface area contributed by atoms with Crippen molar-refractivity contribution in [3.8, 4) is 0 Å². The lowest BCUT2D eigenvalue weighted by atomic mass is 10.1. The molecule has 1 aromatic heterocycles. The van der Waals surface area contributed by atoms with Gasteiger partial charge in [-0.15, -0.1) is 11.8 Å². The standard InChI is InChI=1S/C26H21N3O5S/c1-16-15-22(29-34-16)28-25(31)23(17-7-3-2-4-8-17)35-19-13-11-18(12-14-19)27-24(30)20-9-5-6-10-21(20)26(32)33/h2-15,23H,1H3,(H,27,30)(H,32,33)(H,28,29,31). The zero-order valence-corrected chi connectivity index (χ0v) is 19.4. The fraction of sp³-hybridized carbons (Fsp3) is 0.0769. The van der Waals surface area contributed by atoms with Gasteiger partial charge in [0.25, 0.3) is 5.91 Å². The van der Waals surface area contributed by atoms with Gasteiger partial charge in [0, 0.05) is 16.6 Å². The van der Waals surface area contributed by atoms with Crippen LogP contribution < -0.4 is 10.6 Å². The van der Waals surface area contributed by atoms with Crippen molar-refractivity contribution in [2.45, 2.75) is 17.1 Å². The van der Waals surface area contributed by atoms with Gasteiger partial charge in [-0.1, -0.05) is 47.6 Å². The number of aromatic carboxylic acids is 1. The number of nitrogens with one attached hydrogen (secondary N) is 2. The molecule has 1 heterocycles. The number of carboxylic acid groups (broad SMARTS) is 1. The molecule has 3 aromatic carbocycles. The summed E-state index contributed by atoms with van der Waals surface area (Å²) >= 11 is 1.35. The molecule has 0 fully saturated rings. The molecule has 4 rings (SSSR count). The molecule has 0 aliphatic heterocycles. The lowest BCUT2D eigenvalue weighted by molar-refractivity contribution is -0.115. The number of aromatic nitrogens is 1. The zero-order valence-electron chi connectivity index (χ0n) is 18.6. The quantitative estimate of drug-likeness (QED) is 0.284. The number of anilines is 2. The molecule has 3 N–H and O–H groups in total. The molecule has 0 saturated heterocycles. The van der Waals surface area contributed by atoms with E-state index in [1.165, 1.54) is 23.9 Å². The molecule has 1 atom stereocenters. The van der Waals surface area contributed by atoms with Crippen molar-refractivity contribution in [1.29, 1.82) is 0 Å². The summed E-state index contributed by atoms with van der Waals surface area (Å²) in [7, 11) is 0. The molecular formula is C26H21N3O5S. The molecule has 8 nitrogen and oxygen atoms in total. The third-order valence-corrected chi connectivity index (χ3v) is 6.25. The Kier molecular flexibility index (Phi) is 7.27. The maximum absolute atomic E-state index is 13.1. The predicted molar refractivity (Wildman–Crippen MR) is 133 cm³/mol. The Balaban J connectivity index is 1.49. The fourth-order valence-corrected chi connectivity index (χ4v) is 4.36. The Morgan fingerprint density at radius 2 is 1.54 bits per heavy atom. The van der Waals surface area contributed by atoms with E-state index in [-0.39, 0.29) is 17.0 Å². The molecule has 176 valence electrons. The number of amides is 2. The zero-order chi connectivity index (χ0) is 24.8. The topological polar surface area (TPSA) is 122 Å². The van der Waals surface area contributed by atoms with Crippen LogP contribution in [0, 0.1) is 6.92 Å². The van der Waals surface area contributed by atoms with E-state index < -0.39 is 17.1 Å². The van der Waals surface area contributed by atoms with E-state index in [0.717, 1.165) is 10.5 Å². The maximum atomic E-state index is 13.1. The number of carboxylic acids is 1. The van der Waals surface area contributed by atoms with E-state index in [2.05, 4.69) is 15.8 Å². The second-order valence-electron chi connectivity index (χ2n) is 7.55. The van der Waals surface area contributed by atoms with E-state index in [9.17, 15) is 19.5 Å². The second-order valence-corrected chi connectivity index (χ2v) is 8.73. The minimum atomic E-state index is -1.17. The molecule has 0 aliphatic rings. The van der Waals surface area contributed by atoms with E-state index >= 15 is 0 Å². The number of carbonyl (C=O) groups excluding carboxylic acids is 2. The summed E-state index contributed by atoms with van der Waals surface area (Å²) in [5, 5.41) is 18.1. The van der Waals surface area contributed by atoms with Crippen molar-refractivity contribution in [1.82, 2.24) is 5.16 Å². The summed E-state index contributed by atoms with van der Waals surface area (Å²) in [4.78, 5) is 37.9. The molecule has 0 spiro atoms. The van der Waals surface area contributed by atoms with Gasteiger partial charge < -0.3 is 20.3 Å². The van der Waals surface area contributed by atoms with Gasteiger partial charge in [0.1, 0.15) is 11.0 Å². The number of aryl methyl sites for hydroxylation is 1. The predicted octanol–water partition coefficient (Wildman–Crippen LogP) is 5.41. The summed E-state index contributed by atoms with van der Waals surface area (Å²) in [6.45, 7) is 1.74. The van der Waals surface area contributed by atoms with E-state index in [4.69, 9.17) is 4.52 Å². The van der Waals surface area contributed by atoms with Crippen LogP contribution in [0.1, 0.15) is 37.3 Å². The molecule has 2 amide bonds. The van der Waals surface area contributed by atoms with Gasteiger partial charge in [0.2, 0.25) is 5.91 Å². The van der Waals surface area contributed by atoms with Crippen molar-refractivity contribution in [3.63, 3.8) is 0 Å². The van der Waals surface area contributed by atoms with Crippen LogP contribution in [-0.2, 0) is 4.79 Å². The van der Waals surface area contributed by atoms with Crippen LogP contribution in [0.15, 0.2) is 94.3 Å². The Morgan fingerprint density at radius 1 is 0.886 bits per heavy atom. The van der Waals surface area contributed by atoms with Gasteiger partial charge in [-0.2, -0.15) is 0 Å². The van der Waals surface area contributed by atoms with Crippen LogP contribution in [0.5, 0.6) is 0 Å². The summed E-state index contributed by atoms with van der Waals surface area (Å²) in [6, 6.07) is 24.0. The van der Waals surface area contributed by atoms with Crippen molar-refractivity contribution in [2.75, 3.05) is 10.6 Å². The van der Waals surface area contributed by atoms with Gasteiger partial charge >= 0.3 is 5.97 Å². The smallest absolute Gasteiger partial charge is 0.336 e. The number of nitrogens with zero attached hydrogens (tertiary/aromatic N) is 1. The lowest BCUT2D eigenvalue weighted by Crippen LogP contribution is -2.19. The van der Waals surface area contributed by atoms with Crippen LogP contribution >= 0.6 is 11.8 Å². The fourth-order valence-electron chi connectivity index (χ4n) is 3.34. The van der Waals surface area contributed by atoms with Crippen molar-refractivity contribution < 1.29 is 24.0 Å². The van der Waals surface area contributed by atoms with Crippen molar-refractivity contribution in [2.24, 2.45) is 0 Å². The van der Waals surface area contributed by atoms with E-state index in [1.54, 1.807) is 49.4 Å². The van der Waals surface area contributed by atoms with Crippen molar-refractivity contribution in [3.05, 3.63) is 107 Å². The van der Waals surface area contributed by atoms with Crippen LogP contribution in [0.25, 0.3) is 0 Å². The van der Waals surface area contributed by atoms with Gasteiger partial charge in [-0.25, -0.2) is 4.79 Å². The molecular weight excluding hydrogens is 466 g/mol. The Labute approximate surface area is 205 Å². The first-order chi connectivity index (χ1) is 16.9. The number of carbonyl (C=O) groups is 3. The number of rotatable bonds is 8. The third-order valence-electron chi connectivity index (χ3n) is 4.99. The molecule has 0 radical (unpaired) electrons. The first kappa shape index (κ1) is 23.8. The van der Waals surface area contributed by atoms with Gasteiger partial charge in [0.15, 0.2) is 5.82 Å². The number of benzene rings is 3. The second kappa shape index (κ2) is 10.7. The Morgan fingerprint density at radius 3 is 2.17 bits per heavy atom. The summed E-state index contributed by atoms with van der Waals surface area (Å²) in [5.74, 6) is -1.01. The highest BCUT2D eigenvalue weighted by atomic mass is 32.2. The highest BCUT2D eigenvalue weighted by molar-refractivity contribution is 8.00. The SMILES string of the molecule is Cc1cc(NC(=O)C(Sc2ccc(NC(=O)c3ccccc3C(=O)O)cc2)c2ccccc2)no1. The summed E-state index contributed by atoms with van der Waals surface area (Å²) < 4.78 is 5.03. The average molecular weight is 488 g/mol. The molecule has 4 aromatic rings. The third kappa shape index (κ3) is 5.96. The van der Waals surface area contributed by atoms with Crippen LogP contribution in [-0.4, -0.2) is 28.0 Å². The molecule has 0 bridgehead atoms. The largest absolute Gasteiger partial charge is 0.478 e. The Hall–Kier alpha value is -4.37. The first-order valence-corrected chi connectivity index (χ1v) is 11.5. The minimum absolute atomic E-state index is 0.0716. The minimum Gasteiger partial charge on any atom is -0.478 e. The highest BCUT2D eigenvalue weighted by Crippen LogP contribution is 2.36. The van der Waals surface area contributed by atoms with E-state index in [0.29, 0.717) is 17.3 Å². The number of hydrogen-bond donors (Lipinski definition) is 3. The first-order valence-electron chi connectivity index (χ1n) is 10.6. The molecule has 9 heteroatoms. The molecule has 35 heavy (non-hydrogen) atoms. The summed E-state index contributed by atoms with van der Waals surface area (Å²) in [6.07, 6.45) is 0. The van der Waals surface area contributed by atoms with Crippen molar-refractivity contribution >= 4 is 41.1 Å².